The molecule has 0 spiro atoms. The van der Waals surface area contributed by atoms with Crippen molar-refractivity contribution in [1.82, 2.24) is 19.6 Å². The number of hydrogen-bond acceptors (Lipinski definition) is 5. The molecule has 0 saturated heterocycles. The summed E-state index contributed by atoms with van der Waals surface area (Å²) in [5.74, 6) is 0.00118. The lowest BCUT2D eigenvalue weighted by atomic mass is 10.5. The van der Waals surface area contributed by atoms with E-state index in [4.69, 9.17) is 10.5 Å². The molecular weight excluding hydrogens is 222 g/mol. The van der Waals surface area contributed by atoms with Gasteiger partial charge in [0.2, 0.25) is 0 Å². The molecule has 0 bridgehead atoms. The van der Waals surface area contributed by atoms with Crippen molar-refractivity contribution in [3.8, 4) is 0 Å². The van der Waals surface area contributed by atoms with Gasteiger partial charge in [0.1, 0.15) is 19.0 Å². The Morgan fingerprint density at radius 2 is 2.24 bits per heavy atom. The van der Waals surface area contributed by atoms with E-state index in [0.717, 1.165) is 0 Å². The van der Waals surface area contributed by atoms with Gasteiger partial charge in [-0.3, -0.25) is 14.2 Å². The van der Waals surface area contributed by atoms with Crippen molar-refractivity contribution in [1.29, 1.82) is 0 Å². The molecule has 0 saturated carbocycles. The third-order valence-corrected chi connectivity index (χ3v) is 2.10. The zero-order valence-corrected chi connectivity index (χ0v) is 9.41. The second kappa shape index (κ2) is 4.69. The molecular formula is C10H13N5O2. The van der Waals surface area contributed by atoms with E-state index in [9.17, 15) is 4.79 Å². The zero-order valence-electron chi connectivity index (χ0n) is 9.41. The van der Waals surface area contributed by atoms with Crippen LogP contribution in [0.1, 0.15) is 5.69 Å². The monoisotopic (exact) mass is 235 g/mol. The normalized spacial score (nSPS) is 10.4. The molecule has 2 aromatic rings. The maximum absolute atomic E-state index is 11.4. The average molecular weight is 235 g/mol. The van der Waals surface area contributed by atoms with Crippen molar-refractivity contribution in [2.45, 2.75) is 13.2 Å². The van der Waals surface area contributed by atoms with Crippen molar-refractivity contribution >= 4 is 11.8 Å². The Bertz CT molecular complexity index is 516. The van der Waals surface area contributed by atoms with Crippen LogP contribution in [0.2, 0.25) is 0 Å². The van der Waals surface area contributed by atoms with Crippen LogP contribution in [0.15, 0.2) is 24.5 Å². The number of aryl methyl sites for hydroxylation is 1. The van der Waals surface area contributed by atoms with E-state index in [0.29, 0.717) is 11.5 Å². The lowest BCUT2D eigenvalue weighted by Gasteiger charge is -2.02. The number of carbonyl (C=O) groups is 1. The summed E-state index contributed by atoms with van der Waals surface area (Å²) in [5.41, 5.74) is 6.13. The molecule has 17 heavy (non-hydrogen) atoms. The Morgan fingerprint density at radius 1 is 1.41 bits per heavy atom. The minimum Gasteiger partial charge on any atom is -0.458 e. The highest BCUT2D eigenvalue weighted by Crippen LogP contribution is 1.99. The van der Waals surface area contributed by atoms with Crippen molar-refractivity contribution in [2.24, 2.45) is 7.05 Å². The van der Waals surface area contributed by atoms with E-state index in [-0.39, 0.29) is 19.1 Å². The van der Waals surface area contributed by atoms with E-state index < -0.39 is 0 Å². The molecule has 2 N–H and O–H groups in total. The van der Waals surface area contributed by atoms with Crippen molar-refractivity contribution in [3.63, 3.8) is 0 Å². The first-order chi connectivity index (χ1) is 8.13. The van der Waals surface area contributed by atoms with Gasteiger partial charge in [-0.05, 0) is 12.1 Å². The standard InChI is InChI=1S/C10H13N5O2/c1-14-4-2-8(12-14)7-17-10(16)6-15-5-3-9(11)13-15/h2-5H,6-7H2,1H3,(H2,11,13). The Kier molecular flexibility index (Phi) is 3.08. The first kappa shape index (κ1) is 11.2. The maximum Gasteiger partial charge on any atom is 0.328 e. The summed E-state index contributed by atoms with van der Waals surface area (Å²) in [6, 6.07) is 3.41. The first-order valence-electron chi connectivity index (χ1n) is 5.06. The van der Waals surface area contributed by atoms with Crippen molar-refractivity contribution in [3.05, 3.63) is 30.2 Å². The molecule has 90 valence electrons. The fraction of sp³-hybridized carbons (Fsp3) is 0.300. The number of rotatable bonds is 4. The summed E-state index contributed by atoms with van der Waals surface area (Å²) in [6.07, 6.45) is 3.41. The minimum atomic E-state index is -0.376. The van der Waals surface area contributed by atoms with Gasteiger partial charge in [-0.2, -0.15) is 10.2 Å². The fourth-order valence-corrected chi connectivity index (χ4v) is 1.34. The summed E-state index contributed by atoms with van der Waals surface area (Å²) in [4.78, 5) is 11.4. The predicted octanol–water partition coefficient (Wildman–Crippen LogP) is -0.0578. The molecule has 7 heteroatoms. The summed E-state index contributed by atoms with van der Waals surface area (Å²) >= 11 is 0. The van der Waals surface area contributed by atoms with Crippen LogP contribution in [0.4, 0.5) is 5.82 Å². The second-order valence-electron chi connectivity index (χ2n) is 3.58. The minimum absolute atomic E-state index is 0.0457. The Balaban J connectivity index is 1.82. The average Bonchev–Trinajstić information content (AvgIpc) is 2.85. The molecule has 0 aromatic carbocycles. The number of nitrogens with two attached hydrogens (primary N) is 1. The molecule has 2 heterocycles. The van der Waals surface area contributed by atoms with Crippen LogP contribution in [0.3, 0.4) is 0 Å². The van der Waals surface area contributed by atoms with Crippen LogP contribution in [0.5, 0.6) is 0 Å². The first-order valence-corrected chi connectivity index (χ1v) is 5.06. The van der Waals surface area contributed by atoms with Crippen molar-refractivity contribution in [2.75, 3.05) is 5.73 Å². The summed E-state index contributed by atoms with van der Waals surface area (Å²) in [5, 5.41) is 7.97. The molecule has 2 aromatic heterocycles. The van der Waals surface area contributed by atoms with Gasteiger partial charge in [-0.15, -0.1) is 0 Å². The van der Waals surface area contributed by atoms with Crippen molar-refractivity contribution < 1.29 is 9.53 Å². The van der Waals surface area contributed by atoms with Crippen LogP contribution >= 0.6 is 0 Å². The van der Waals surface area contributed by atoms with E-state index >= 15 is 0 Å². The van der Waals surface area contributed by atoms with Crippen LogP contribution in [0, 0.1) is 0 Å². The van der Waals surface area contributed by atoms with Gasteiger partial charge in [0.05, 0.1) is 5.69 Å². The number of anilines is 1. The second-order valence-corrected chi connectivity index (χ2v) is 3.58. The predicted molar refractivity (Wildman–Crippen MR) is 59.6 cm³/mol. The molecule has 0 radical (unpaired) electrons. The molecule has 0 aliphatic carbocycles. The van der Waals surface area contributed by atoms with Crippen LogP contribution in [0.25, 0.3) is 0 Å². The number of nitrogens with zero attached hydrogens (tertiary/aromatic N) is 4. The zero-order chi connectivity index (χ0) is 12.3. The summed E-state index contributed by atoms with van der Waals surface area (Å²) in [7, 11) is 1.80. The highest BCUT2D eigenvalue weighted by Gasteiger charge is 2.06. The number of hydrogen-bond donors (Lipinski definition) is 1. The Labute approximate surface area is 97.8 Å². The quantitative estimate of drug-likeness (QED) is 0.750. The van der Waals surface area contributed by atoms with Crippen LogP contribution in [-0.2, 0) is 29.7 Å². The smallest absolute Gasteiger partial charge is 0.328 e. The Morgan fingerprint density at radius 3 is 2.82 bits per heavy atom. The third-order valence-electron chi connectivity index (χ3n) is 2.10. The van der Waals surface area contributed by atoms with Crippen LogP contribution < -0.4 is 5.73 Å². The molecule has 0 unspecified atom stereocenters. The SMILES string of the molecule is Cn1ccc(COC(=O)Cn2ccc(N)n2)n1. The molecule has 2 rings (SSSR count). The molecule has 0 aliphatic rings. The molecule has 0 aliphatic heterocycles. The van der Waals surface area contributed by atoms with Gasteiger partial charge in [0, 0.05) is 19.4 Å². The molecule has 7 nitrogen and oxygen atoms in total. The van der Waals surface area contributed by atoms with Crippen LogP contribution in [-0.4, -0.2) is 25.5 Å². The number of carbonyl (C=O) groups excluding carboxylic acids is 1. The number of aromatic nitrogens is 4. The van der Waals surface area contributed by atoms with E-state index in [1.807, 2.05) is 0 Å². The maximum atomic E-state index is 11.4. The Hall–Kier alpha value is -2.31. The van der Waals surface area contributed by atoms with Gasteiger partial charge >= 0.3 is 5.97 Å². The number of nitrogen functional groups attached to an aromatic ring is 1. The lowest BCUT2D eigenvalue weighted by Crippen LogP contribution is -2.14. The molecule has 0 atom stereocenters. The number of esters is 1. The van der Waals surface area contributed by atoms with Gasteiger partial charge in [-0.25, -0.2) is 0 Å². The highest BCUT2D eigenvalue weighted by molar-refractivity contribution is 5.69. The van der Waals surface area contributed by atoms with Gasteiger partial charge in [-0.1, -0.05) is 0 Å². The van der Waals surface area contributed by atoms with E-state index in [1.165, 1.54) is 4.68 Å². The third kappa shape index (κ3) is 3.07. The lowest BCUT2D eigenvalue weighted by molar-refractivity contribution is -0.146. The summed E-state index contributed by atoms with van der Waals surface area (Å²) < 4.78 is 8.12. The van der Waals surface area contributed by atoms with Gasteiger partial charge in [0.15, 0.2) is 0 Å². The fourth-order valence-electron chi connectivity index (χ4n) is 1.34. The number of ether oxygens (including phenoxy) is 1. The van der Waals surface area contributed by atoms with Gasteiger partial charge < -0.3 is 10.5 Å². The summed E-state index contributed by atoms with van der Waals surface area (Å²) in [6.45, 7) is 0.209. The molecule has 0 amide bonds. The van der Waals surface area contributed by atoms with Gasteiger partial charge in [0.25, 0.3) is 0 Å². The van der Waals surface area contributed by atoms with E-state index in [2.05, 4.69) is 10.2 Å². The largest absolute Gasteiger partial charge is 0.458 e. The van der Waals surface area contributed by atoms with E-state index in [1.54, 1.807) is 36.3 Å². The molecule has 0 fully saturated rings. The topological polar surface area (TPSA) is 88.0 Å². The highest BCUT2D eigenvalue weighted by atomic mass is 16.5.